The highest BCUT2D eigenvalue weighted by molar-refractivity contribution is 7.09. The predicted molar refractivity (Wildman–Crippen MR) is 68.0 cm³/mol. The molecule has 0 bridgehead atoms. The highest BCUT2D eigenvalue weighted by Crippen LogP contribution is 2.11. The maximum Gasteiger partial charge on any atom is 0.231 e. The molecule has 0 spiro atoms. The third-order valence-corrected chi connectivity index (χ3v) is 2.72. The van der Waals surface area contributed by atoms with E-state index in [-0.39, 0.29) is 5.95 Å². The highest BCUT2D eigenvalue weighted by Gasteiger charge is 2.05. The minimum atomic E-state index is 0.204. The molecule has 90 valence electrons. The molecule has 7 nitrogen and oxygen atoms in total. The molecule has 0 saturated carbocycles. The molecule has 0 radical (unpaired) electrons. The van der Waals surface area contributed by atoms with Crippen LogP contribution in [0.1, 0.15) is 4.88 Å². The number of hydrogen-bond acceptors (Lipinski definition) is 8. The number of nitrogens with two attached hydrogens (primary N) is 1. The van der Waals surface area contributed by atoms with E-state index in [4.69, 9.17) is 5.73 Å². The van der Waals surface area contributed by atoms with Gasteiger partial charge in [0.1, 0.15) is 0 Å². The molecule has 8 heteroatoms. The van der Waals surface area contributed by atoms with Crippen molar-refractivity contribution < 1.29 is 0 Å². The van der Waals surface area contributed by atoms with Crippen LogP contribution < -0.4 is 16.0 Å². The largest absolute Gasteiger partial charge is 0.368 e. The fraction of sp³-hybridized carbons (Fsp3) is 0.333. The van der Waals surface area contributed by atoms with Gasteiger partial charge in [-0.25, -0.2) is 0 Å². The second-order valence-corrected chi connectivity index (χ2v) is 4.50. The number of nitrogens with zero attached hydrogens (tertiary/aromatic N) is 5. The van der Waals surface area contributed by atoms with Crippen LogP contribution in [0.3, 0.4) is 0 Å². The summed E-state index contributed by atoms with van der Waals surface area (Å²) in [5.74, 6) is 1.20. The molecule has 0 aliphatic rings. The van der Waals surface area contributed by atoms with E-state index in [1.807, 2.05) is 14.1 Å². The van der Waals surface area contributed by atoms with Gasteiger partial charge in [-0.05, 0) is 0 Å². The van der Waals surface area contributed by atoms with Crippen molar-refractivity contribution in [3.05, 3.63) is 16.6 Å². The zero-order valence-electron chi connectivity index (χ0n) is 9.58. The van der Waals surface area contributed by atoms with Gasteiger partial charge in [0.05, 0.1) is 12.1 Å². The minimum absolute atomic E-state index is 0.204. The van der Waals surface area contributed by atoms with Crippen LogP contribution in [0.5, 0.6) is 0 Å². The Balaban J connectivity index is 2.10. The predicted octanol–water partition coefficient (Wildman–Crippen LogP) is 0.588. The molecule has 0 aliphatic heterocycles. The minimum Gasteiger partial charge on any atom is -0.368 e. The molecule has 2 aromatic heterocycles. The second kappa shape index (κ2) is 4.91. The molecule has 0 fully saturated rings. The van der Waals surface area contributed by atoms with Gasteiger partial charge in [-0.1, -0.05) is 0 Å². The molecule has 0 amide bonds. The number of nitrogen functional groups attached to an aromatic ring is 1. The Morgan fingerprint density at radius 1 is 1.35 bits per heavy atom. The lowest BCUT2D eigenvalue weighted by Gasteiger charge is -2.11. The van der Waals surface area contributed by atoms with E-state index < -0.39 is 0 Å². The smallest absolute Gasteiger partial charge is 0.231 e. The molecule has 0 aliphatic carbocycles. The van der Waals surface area contributed by atoms with Gasteiger partial charge in [0.15, 0.2) is 0 Å². The van der Waals surface area contributed by atoms with Crippen LogP contribution in [-0.4, -0.2) is 34.0 Å². The lowest BCUT2D eigenvalue weighted by molar-refractivity contribution is 0.952. The van der Waals surface area contributed by atoms with Gasteiger partial charge in [0.25, 0.3) is 0 Å². The first kappa shape index (κ1) is 11.5. The van der Waals surface area contributed by atoms with Gasteiger partial charge in [-0.15, -0.1) is 11.3 Å². The standard InChI is InChI=1S/C9H13N7S/c1-16(2)9-14-7(10)13-8(15-9)12-4-6-3-11-5-17-6/h3,5H,4H2,1-2H3,(H3,10,12,13,14,15). The zero-order valence-corrected chi connectivity index (χ0v) is 10.4. The highest BCUT2D eigenvalue weighted by atomic mass is 32.1. The quantitative estimate of drug-likeness (QED) is 0.821. The van der Waals surface area contributed by atoms with Crippen molar-refractivity contribution in [1.82, 2.24) is 19.9 Å². The third kappa shape index (κ3) is 3.00. The summed E-state index contributed by atoms with van der Waals surface area (Å²) in [6, 6.07) is 0. The summed E-state index contributed by atoms with van der Waals surface area (Å²) in [4.78, 5) is 19.1. The van der Waals surface area contributed by atoms with Gasteiger partial charge in [-0.3, -0.25) is 4.98 Å². The fourth-order valence-corrected chi connectivity index (χ4v) is 1.69. The van der Waals surface area contributed by atoms with Crippen molar-refractivity contribution in [2.24, 2.45) is 0 Å². The number of thiazole rings is 1. The van der Waals surface area contributed by atoms with E-state index in [1.165, 1.54) is 0 Å². The van der Waals surface area contributed by atoms with Crippen LogP contribution in [0.15, 0.2) is 11.7 Å². The summed E-state index contributed by atoms with van der Waals surface area (Å²) < 4.78 is 0. The van der Waals surface area contributed by atoms with Crippen molar-refractivity contribution >= 4 is 29.2 Å². The summed E-state index contributed by atoms with van der Waals surface area (Å²) in [7, 11) is 3.70. The first-order valence-electron chi connectivity index (χ1n) is 4.95. The van der Waals surface area contributed by atoms with Crippen LogP contribution >= 0.6 is 11.3 Å². The summed E-state index contributed by atoms with van der Waals surface area (Å²) in [5, 5.41) is 3.08. The Morgan fingerprint density at radius 2 is 2.18 bits per heavy atom. The number of hydrogen-bond donors (Lipinski definition) is 2. The van der Waals surface area contributed by atoms with Crippen LogP contribution in [0.25, 0.3) is 0 Å². The molecule has 17 heavy (non-hydrogen) atoms. The number of anilines is 3. The van der Waals surface area contributed by atoms with Crippen LogP contribution in [0.4, 0.5) is 17.8 Å². The Labute approximate surface area is 103 Å². The van der Waals surface area contributed by atoms with Gasteiger partial charge in [0.2, 0.25) is 17.8 Å². The maximum atomic E-state index is 5.61. The summed E-state index contributed by atoms with van der Waals surface area (Å²) in [6.07, 6.45) is 1.80. The third-order valence-electron chi connectivity index (χ3n) is 1.95. The van der Waals surface area contributed by atoms with E-state index in [0.29, 0.717) is 18.4 Å². The first-order chi connectivity index (χ1) is 8.15. The molecule has 2 aromatic rings. The lowest BCUT2D eigenvalue weighted by atomic mass is 10.5. The monoisotopic (exact) mass is 251 g/mol. The van der Waals surface area contributed by atoms with Crippen molar-refractivity contribution in [1.29, 1.82) is 0 Å². The van der Waals surface area contributed by atoms with Crippen molar-refractivity contribution in [3.8, 4) is 0 Å². The van der Waals surface area contributed by atoms with E-state index in [9.17, 15) is 0 Å². The Hall–Kier alpha value is -1.96. The Kier molecular flexibility index (Phi) is 3.33. The van der Waals surface area contributed by atoms with E-state index in [2.05, 4.69) is 25.3 Å². The molecule has 2 rings (SSSR count). The molecule has 0 atom stereocenters. The SMILES string of the molecule is CN(C)c1nc(N)nc(NCc2cncs2)n1. The van der Waals surface area contributed by atoms with Gasteiger partial charge >= 0.3 is 0 Å². The van der Waals surface area contributed by atoms with E-state index >= 15 is 0 Å². The molecule has 2 heterocycles. The fourth-order valence-electron chi connectivity index (χ4n) is 1.16. The molecule has 3 N–H and O–H groups in total. The lowest BCUT2D eigenvalue weighted by Crippen LogP contribution is -2.16. The summed E-state index contributed by atoms with van der Waals surface area (Å²) in [5.41, 5.74) is 7.39. The number of aromatic nitrogens is 4. The van der Waals surface area contributed by atoms with Crippen molar-refractivity contribution in [2.45, 2.75) is 6.54 Å². The van der Waals surface area contributed by atoms with Gasteiger partial charge < -0.3 is 16.0 Å². The summed E-state index contributed by atoms with van der Waals surface area (Å²) >= 11 is 1.57. The van der Waals surface area contributed by atoms with Crippen LogP contribution in [0.2, 0.25) is 0 Å². The molecule has 0 aromatic carbocycles. The molecular weight excluding hydrogens is 238 g/mol. The summed E-state index contributed by atoms with van der Waals surface area (Å²) in [6.45, 7) is 0.626. The zero-order chi connectivity index (χ0) is 12.3. The average Bonchev–Trinajstić information content (AvgIpc) is 2.78. The number of nitrogens with one attached hydrogen (secondary N) is 1. The van der Waals surface area contributed by atoms with Crippen LogP contribution in [-0.2, 0) is 6.54 Å². The van der Waals surface area contributed by atoms with Gasteiger partial charge in [0, 0.05) is 25.2 Å². The molecular formula is C9H13N7S. The first-order valence-corrected chi connectivity index (χ1v) is 5.83. The normalized spacial score (nSPS) is 10.2. The van der Waals surface area contributed by atoms with E-state index in [1.54, 1.807) is 27.9 Å². The van der Waals surface area contributed by atoms with Crippen molar-refractivity contribution in [2.75, 3.05) is 30.0 Å². The molecule has 0 unspecified atom stereocenters. The topological polar surface area (TPSA) is 92.9 Å². The Bertz CT molecular complexity index is 482. The maximum absolute atomic E-state index is 5.61. The average molecular weight is 251 g/mol. The van der Waals surface area contributed by atoms with Crippen molar-refractivity contribution in [3.63, 3.8) is 0 Å². The van der Waals surface area contributed by atoms with Gasteiger partial charge in [-0.2, -0.15) is 15.0 Å². The van der Waals surface area contributed by atoms with Crippen LogP contribution in [0, 0.1) is 0 Å². The Morgan fingerprint density at radius 3 is 2.82 bits per heavy atom. The van der Waals surface area contributed by atoms with E-state index in [0.717, 1.165) is 4.88 Å². The molecule has 0 saturated heterocycles. The second-order valence-electron chi connectivity index (χ2n) is 3.53. The number of rotatable bonds is 4.